The molecule has 0 atom stereocenters. The van der Waals surface area contributed by atoms with Gasteiger partial charge in [0.2, 0.25) is 11.7 Å². The maximum absolute atomic E-state index is 12.2. The number of ether oxygens (including phenoxy) is 3. The van der Waals surface area contributed by atoms with Crippen molar-refractivity contribution in [2.75, 3.05) is 33.4 Å². The van der Waals surface area contributed by atoms with E-state index in [-0.39, 0.29) is 5.91 Å². The van der Waals surface area contributed by atoms with Gasteiger partial charge in [-0.25, -0.2) is 0 Å². The number of methoxy groups -OCH3 is 1. The van der Waals surface area contributed by atoms with Crippen molar-refractivity contribution in [1.29, 1.82) is 0 Å². The number of fused-ring (bicyclic) bond motifs is 1. The molecule has 0 spiro atoms. The molecule has 0 saturated carbocycles. The molecule has 5 nitrogen and oxygen atoms in total. The number of likely N-dealkylation sites (N-methyl/N-ethyl adjacent to an activating group) is 1. The molecule has 0 N–H and O–H groups in total. The minimum atomic E-state index is -0.0515. The van der Waals surface area contributed by atoms with Gasteiger partial charge in [0.1, 0.15) is 13.2 Å². The average Bonchev–Trinajstić information content (AvgIpc) is 2.56. The predicted octanol–water partition coefficient (Wildman–Crippen LogP) is 2.90. The number of nitrogens with zero attached hydrogens (tertiary/aromatic N) is 1. The second-order valence-corrected chi connectivity index (χ2v) is 5.39. The highest BCUT2D eigenvalue weighted by atomic mass is 16.6. The molecule has 0 fully saturated rings. The third-order valence-electron chi connectivity index (χ3n) is 3.42. The van der Waals surface area contributed by atoms with Gasteiger partial charge < -0.3 is 19.1 Å². The minimum Gasteiger partial charge on any atom is -0.493 e. The van der Waals surface area contributed by atoms with Crippen molar-refractivity contribution >= 4 is 12.0 Å². The van der Waals surface area contributed by atoms with Crippen LogP contribution in [0.1, 0.15) is 19.4 Å². The molecule has 1 aliphatic rings. The number of amides is 1. The van der Waals surface area contributed by atoms with Gasteiger partial charge in [0.05, 0.1) is 7.11 Å². The van der Waals surface area contributed by atoms with E-state index in [9.17, 15) is 4.79 Å². The SMILES string of the molecule is C=C(C)CN(CC)C(=O)/C=C/c1cc(OC)c2c(c1)OCCO2. The highest BCUT2D eigenvalue weighted by Gasteiger charge is 2.18. The first kappa shape index (κ1) is 16.9. The van der Waals surface area contributed by atoms with Crippen LogP contribution < -0.4 is 14.2 Å². The lowest BCUT2D eigenvalue weighted by molar-refractivity contribution is -0.125. The van der Waals surface area contributed by atoms with Crippen LogP contribution in [0.2, 0.25) is 0 Å². The summed E-state index contributed by atoms with van der Waals surface area (Å²) >= 11 is 0. The summed E-state index contributed by atoms with van der Waals surface area (Å²) in [7, 11) is 1.58. The fraction of sp³-hybridized carbons (Fsp3) is 0.389. The molecule has 0 saturated heterocycles. The second-order valence-electron chi connectivity index (χ2n) is 5.39. The van der Waals surface area contributed by atoms with Gasteiger partial charge in [-0.05, 0) is 37.6 Å². The fourth-order valence-corrected chi connectivity index (χ4v) is 2.33. The Morgan fingerprint density at radius 1 is 1.39 bits per heavy atom. The molecule has 0 unspecified atom stereocenters. The Balaban J connectivity index is 2.18. The van der Waals surface area contributed by atoms with Gasteiger partial charge in [-0.2, -0.15) is 0 Å². The van der Waals surface area contributed by atoms with Crippen LogP contribution in [0.15, 0.2) is 30.4 Å². The summed E-state index contributed by atoms with van der Waals surface area (Å²) < 4.78 is 16.5. The van der Waals surface area contributed by atoms with Crippen molar-refractivity contribution in [3.63, 3.8) is 0 Å². The van der Waals surface area contributed by atoms with Crippen LogP contribution in [0.25, 0.3) is 6.08 Å². The van der Waals surface area contributed by atoms with E-state index in [0.29, 0.717) is 43.6 Å². The van der Waals surface area contributed by atoms with Gasteiger partial charge in [0.25, 0.3) is 0 Å². The summed E-state index contributed by atoms with van der Waals surface area (Å²) in [4.78, 5) is 14.0. The molecule has 2 rings (SSSR count). The number of carbonyl (C=O) groups is 1. The van der Waals surface area contributed by atoms with Gasteiger partial charge in [-0.3, -0.25) is 4.79 Å². The first-order valence-electron chi connectivity index (χ1n) is 7.64. The Kier molecular flexibility index (Phi) is 5.68. The molecule has 23 heavy (non-hydrogen) atoms. The monoisotopic (exact) mass is 317 g/mol. The van der Waals surface area contributed by atoms with Crippen molar-refractivity contribution in [3.8, 4) is 17.2 Å². The zero-order valence-corrected chi connectivity index (χ0v) is 13.9. The number of hydrogen-bond donors (Lipinski definition) is 0. The van der Waals surface area contributed by atoms with Gasteiger partial charge in [0.15, 0.2) is 11.5 Å². The van der Waals surface area contributed by atoms with Crippen molar-refractivity contribution < 1.29 is 19.0 Å². The van der Waals surface area contributed by atoms with Crippen LogP contribution in [0, 0.1) is 0 Å². The van der Waals surface area contributed by atoms with Gasteiger partial charge in [-0.1, -0.05) is 12.2 Å². The summed E-state index contributed by atoms with van der Waals surface area (Å²) in [6.45, 7) is 9.91. The zero-order chi connectivity index (χ0) is 16.8. The maximum Gasteiger partial charge on any atom is 0.246 e. The van der Waals surface area contributed by atoms with Crippen molar-refractivity contribution in [1.82, 2.24) is 4.90 Å². The van der Waals surface area contributed by atoms with Crippen molar-refractivity contribution in [2.24, 2.45) is 0 Å². The van der Waals surface area contributed by atoms with Gasteiger partial charge in [0, 0.05) is 19.2 Å². The summed E-state index contributed by atoms with van der Waals surface area (Å²) in [6.07, 6.45) is 3.31. The predicted molar refractivity (Wildman–Crippen MR) is 90.1 cm³/mol. The summed E-state index contributed by atoms with van der Waals surface area (Å²) in [5.74, 6) is 1.80. The van der Waals surface area contributed by atoms with Crippen LogP contribution in [0.4, 0.5) is 0 Å². The lowest BCUT2D eigenvalue weighted by atomic mass is 10.1. The lowest BCUT2D eigenvalue weighted by Crippen LogP contribution is -2.30. The third kappa shape index (κ3) is 4.28. The second kappa shape index (κ2) is 7.72. The molecule has 1 aliphatic heterocycles. The summed E-state index contributed by atoms with van der Waals surface area (Å²) in [6, 6.07) is 3.67. The first-order chi connectivity index (χ1) is 11.0. The molecule has 1 aromatic carbocycles. The Bertz CT molecular complexity index is 604. The Hall–Kier alpha value is -2.43. The largest absolute Gasteiger partial charge is 0.493 e. The smallest absolute Gasteiger partial charge is 0.246 e. The van der Waals surface area contributed by atoms with Crippen LogP contribution >= 0.6 is 0 Å². The lowest BCUT2D eigenvalue weighted by Gasteiger charge is -2.21. The van der Waals surface area contributed by atoms with Crippen molar-refractivity contribution in [2.45, 2.75) is 13.8 Å². The molecular formula is C18H23NO4. The zero-order valence-electron chi connectivity index (χ0n) is 13.9. The third-order valence-corrected chi connectivity index (χ3v) is 3.42. The molecule has 0 aromatic heterocycles. The van der Waals surface area contributed by atoms with Crippen LogP contribution in [0.3, 0.4) is 0 Å². The number of rotatable bonds is 6. The van der Waals surface area contributed by atoms with Crippen LogP contribution in [-0.2, 0) is 4.79 Å². The average molecular weight is 317 g/mol. The Labute approximate surface area is 137 Å². The van der Waals surface area contributed by atoms with E-state index < -0.39 is 0 Å². The normalized spacial score (nSPS) is 13.0. The molecule has 5 heteroatoms. The quantitative estimate of drug-likeness (QED) is 0.598. The number of hydrogen-bond acceptors (Lipinski definition) is 4. The molecular weight excluding hydrogens is 294 g/mol. The topological polar surface area (TPSA) is 48.0 Å². The molecule has 1 amide bonds. The summed E-state index contributed by atoms with van der Waals surface area (Å²) in [5.41, 5.74) is 1.78. The Morgan fingerprint density at radius 3 is 2.78 bits per heavy atom. The first-order valence-corrected chi connectivity index (χ1v) is 7.64. The molecule has 1 aromatic rings. The summed E-state index contributed by atoms with van der Waals surface area (Å²) in [5, 5.41) is 0. The highest BCUT2D eigenvalue weighted by Crippen LogP contribution is 2.40. The maximum atomic E-state index is 12.2. The van der Waals surface area contributed by atoms with Gasteiger partial charge >= 0.3 is 0 Å². The van der Waals surface area contributed by atoms with E-state index in [2.05, 4.69) is 6.58 Å². The van der Waals surface area contributed by atoms with E-state index in [1.165, 1.54) is 0 Å². The van der Waals surface area contributed by atoms with E-state index in [4.69, 9.17) is 14.2 Å². The molecule has 1 heterocycles. The number of carbonyl (C=O) groups excluding carboxylic acids is 1. The number of benzene rings is 1. The van der Waals surface area contributed by atoms with E-state index in [1.807, 2.05) is 26.0 Å². The molecule has 0 aliphatic carbocycles. The standard InChI is InChI=1S/C18H23NO4/c1-5-19(12-13(2)3)17(20)7-6-14-10-15(21-4)18-16(11-14)22-8-9-23-18/h6-7,10-11H,2,5,8-9,12H2,1,3-4H3/b7-6+. The fourth-order valence-electron chi connectivity index (χ4n) is 2.33. The van der Waals surface area contributed by atoms with Gasteiger partial charge in [-0.15, -0.1) is 0 Å². The van der Waals surface area contributed by atoms with E-state index in [1.54, 1.807) is 24.2 Å². The molecule has 0 radical (unpaired) electrons. The minimum absolute atomic E-state index is 0.0515. The van der Waals surface area contributed by atoms with Crippen LogP contribution in [0.5, 0.6) is 17.2 Å². The van der Waals surface area contributed by atoms with Crippen LogP contribution in [-0.4, -0.2) is 44.2 Å². The highest BCUT2D eigenvalue weighted by molar-refractivity contribution is 5.92. The van der Waals surface area contributed by atoms with E-state index >= 15 is 0 Å². The molecule has 0 bridgehead atoms. The molecule has 124 valence electrons. The van der Waals surface area contributed by atoms with Crippen molar-refractivity contribution in [3.05, 3.63) is 35.9 Å². The van der Waals surface area contributed by atoms with E-state index in [0.717, 1.165) is 11.1 Å². The Morgan fingerprint density at radius 2 is 2.13 bits per heavy atom.